The monoisotopic (exact) mass is 340 g/mol. The predicted octanol–water partition coefficient (Wildman–Crippen LogP) is 2.63. The molecule has 2 rings (SSSR count). The molecule has 1 N–H and O–H groups in total. The Labute approximate surface area is 145 Å². The number of carbonyl (C=O) groups excluding carboxylic acids is 1. The van der Waals surface area contributed by atoms with E-state index in [2.05, 4.69) is 0 Å². The van der Waals surface area contributed by atoms with Gasteiger partial charge in [0, 0.05) is 12.1 Å². The predicted molar refractivity (Wildman–Crippen MR) is 93.1 cm³/mol. The Morgan fingerprint density at radius 2 is 1.92 bits per heavy atom. The highest BCUT2D eigenvalue weighted by molar-refractivity contribution is 6.11. The topological polar surface area (TPSA) is 92.3 Å². The van der Waals surface area contributed by atoms with E-state index in [4.69, 9.17) is 4.74 Å². The first-order valence-corrected chi connectivity index (χ1v) is 7.87. The van der Waals surface area contributed by atoms with Crippen LogP contribution in [0.4, 0.5) is 0 Å². The third kappa shape index (κ3) is 3.41. The van der Waals surface area contributed by atoms with Crippen LogP contribution in [0, 0.1) is 24.2 Å². The highest BCUT2D eigenvalue weighted by Crippen LogP contribution is 2.26. The molecule has 0 spiro atoms. The summed E-state index contributed by atoms with van der Waals surface area (Å²) in [5, 5.41) is 19.9. The molecule has 130 valence electrons. The maximum atomic E-state index is 12.9. The van der Waals surface area contributed by atoms with E-state index in [1.165, 1.54) is 14.0 Å². The van der Waals surface area contributed by atoms with Crippen LogP contribution < -0.4 is 10.3 Å². The van der Waals surface area contributed by atoms with Crippen LogP contribution in [0.2, 0.25) is 0 Å². The molecule has 0 saturated heterocycles. The number of ether oxygens (including phenoxy) is 1. The fraction of sp³-hybridized carbons (Fsp3) is 0.316. The van der Waals surface area contributed by atoms with Crippen molar-refractivity contribution in [2.75, 3.05) is 7.11 Å². The van der Waals surface area contributed by atoms with Crippen molar-refractivity contribution in [2.45, 2.75) is 27.3 Å². The Morgan fingerprint density at radius 1 is 1.32 bits per heavy atom. The zero-order valence-corrected chi connectivity index (χ0v) is 14.7. The molecule has 6 heteroatoms. The second-order valence-corrected chi connectivity index (χ2v) is 6.18. The molecule has 2 aromatic rings. The number of carbonyl (C=O) groups is 1. The van der Waals surface area contributed by atoms with Crippen LogP contribution in [-0.4, -0.2) is 22.6 Å². The van der Waals surface area contributed by atoms with Gasteiger partial charge < -0.3 is 9.84 Å². The number of ketones is 1. The summed E-state index contributed by atoms with van der Waals surface area (Å²) in [6, 6.07) is 8.27. The zero-order valence-electron chi connectivity index (χ0n) is 14.7. The number of aromatic hydroxyl groups is 1. The zero-order chi connectivity index (χ0) is 18.7. The van der Waals surface area contributed by atoms with Gasteiger partial charge in [-0.1, -0.05) is 13.8 Å². The van der Waals surface area contributed by atoms with Crippen molar-refractivity contribution < 1.29 is 14.6 Å². The van der Waals surface area contributed by atoms with E-state index in [1.54, 1.807) is 24.3 Å². The Bertz CT molecular complexity index is 903. The third-order valence-corrected chi connectivity index (χ3v) is 3.93. The molecule has 0 aliphatic carbocycles. The molecule has 1 aromatic carbocycles. The van der Waals surface area contributed by atoms with Gasteiger partial charge in [-0.2, -0.15) is 5.26 Å². The number of nitriles is 1. The molecule has 0 aliphatic rings. The number of rotatable bonds is 5. The number of methoxy groups -OCH3 is 1. The molecule has 0 fully saturated rings. The average Bonchev–Trinajstić information content (AvgIpc) is 2.59. The van der Waals surface area contributed by atoms with Gasteiger partial charge in [0.1, 0.15) is 17.4 Å². The Hall–Kier alpha value is -3.07. The number of benzene rings is 1. The second kappa shape index (κ2) is 7.22. The van der Waals surface area contributed by atoms with Crippen LogP contribution in [0.3, 0.4) is 0 Å². The number of pyridine rings is 1. The summed E-state index contributed by atoms with van der Waals surface area (Å²) < 4.78 is 6.16. The summed E-state index contributed by atoms with van der Waals surface area (Å²) >= 11 is 0. The van der Waals surface area contributed by atoms with Crippen LogP contribution in [-0.2, 0) is 6.54 Å². The van der Waals surface area contributed by atoms with Crippen molar-refractivity contribution in [3.63, 3.8) is 0 Å². The summed E-state index contributed by atoms with van der Waals surface area (Å²) in [4.78, 5) is 25.3. The molecular weight excluding hydrogens is 320 g/mol. The number of nitrogens with zero attached hydrogens (tertiary/aromatic N) is 2. The first kappa shape index (κ1) is 18.3. The van der Waals surface area contributed by atoms with Crippen LogP contribution >= 0.6 is 0 Å². The number of hydrogen-bond donors (Lipinski definition) is 1. The third-order valence-electron chi connectivity index (χ3n) is 3.93. The molecule has 25 heavy (non-hydrogen) atoms. The number of aromatic nitrogens is 1. The fourth-order valence-corrected chi connectivity index (χ4v) is 2.64. The van der Waals surface area contributed by atoms with E-state index in [0.717, 1.165) is 4.57 Å². The summed E-state index contributed by atoms with van der Waals surface area (Å²) in [5.41, 5.74) is -0.224. The first-order valence-electron chi connectivity index (χ1n) is 7.87. The van der Waals surface area contributed by atoms with Gasteiger partial charge in [0.2, 0.25) is 5.88 Å². The Balaban J connectivity index is 2.69. The highest BCUT2D eigenvalue weighted by Gasteiger charge is 2.25. The molecule has 0 amide bonds. The van der Waals surface area contributed by atoms with Gasteiger partial charge in [-0.05, 0) is 42.7 Å². The lowest BCUT2D eigenvalue weighted by molar-refractivity contribution is 0.103. The lowest BCUT2D eigenvalue weighted by Crippen LogP contribution is -2.28. The Morgan fingerprint density at radius 3 is 2.40 bits per heavy atom. The molecule has 6 nitrogen and oxygen atoms in total. The van der Waals surface area contributed by atoms with Gasteiger partial charge in [0.25, 0.3) is 5.56 Å². The summed E-state index contributed by atoms with van der Waals surface area (Å²) in [5.74, 6) is -0.204. The van der Waals surface area contributed by atoms with E-state index in [-0.39, 0.29) is 29.2 Å². The highest BCUT2D eigenvalue weighted by atomic mass is 16.5. The second-order valence-electron chi connectivity index (χ2n) is 6.18. The molecule has 1 aromatic heterocycles. The molecule has 1 heterocycles. The maximum absolute atomic E-state index is 12.9. The van der Waals surface area contributed by atoms with Crippen molar-refractivity contribution in [3.8, 4) is 17.7 Å². The minimum atomic E-state index is -0.586. The summed E-state index contributed by atoms with van der Waals surface area (Å²) in [7, 11) is 1.52. The molecule has 0 aliphatic heterocycles. The fourth-order valence-electron chi connectivity index (χ4n) is 2.64. The van der Waals surface area contributed by atoms with Gasteiger partial charge in [-0.15, -0.1) is 0 Å². The van der Waals surface area contributed by atoms with E-state index in [9.17, 15) is 20.0 Å². The molecule has 0 unspecified atom stereocenters. The largest absolute Gasteiger partial charge is 0.497 e. The average molecular weight is 340 g/mol. The van der Waals surface area contributed by atoms with Crippen molar-refractivity contribution in [3.05, 3.63) is 56.9 Å². The Kier molecular flexibility index (Phi) is 5.28. The summed E-state index contributed by atoms with van der Waals surface area (Å²) in [6.45, 7) is 5.46. The number of hydrogen-bond acceptors (Lipinski definition) is 5. The smallest absolute Gasteiger partial charge is 0.271 e. The van der Waals surface area contributed by atoms with E-state index < -0.39 is 17.2 Å². The SMILES string of the molecule is COc1ccc(C(=O)c2c(C)c(C#N)c(=O)n(CC(C)C)c2O)cc1. The molecule has 0 radical (unpaired) electrons. The molecule has 0 atom stereocenters. The van der Waals surface area contributed by atoms with Gasteiger partial charge in [0.05, 0.1) is 12.7 Å². The molecule has 0 saturated carbocycles. The van der Waals surface area contributed by atoms with E-state index in [1.807, 2.05) is 19.9 Å². The lowest BCUT2D eigenvalue weighted by atomic mass is 9.97. The van der Waals surface area contributed by atoms with Crippen LogP contribution in [0.15, 0.2) is 29.1 Å². The molecule has 0 bridgehead atoms. The minimum absolute atomic E-state index is 0.0260. The van der Waals surface area contributed by atoms with Crippen molar-refractivity contribution >= 4 is 5.78 Å². The van der Waals surface area contributed by atoms with Crippen LogP contribution in [0.1, 0.15) is 40.9 Å². The van der Waals surface area contributed by atoms with E-state index in [0.29, 0.717) is 11.3 Å². The quantitative estimate of drug-likeness (QED) is 0.845. The minimum Gasteiger partial charge on any atom is -0.497 e. The van der Waals surface area contributed by atoms with Gasteiger partial charge in [0.15, 0.2) is 5.78 Å². The van der Waals surface area contributed by atoms with Crippen molar-refractivity contribution in [1.82, 2.24) is 4.57 Å². The van der Waals surface area contributed by atoms with Crippen LogP contribution in [0.5, 0.6) is 11.6 Å². The van der Waals surface area contributed by atoms with Gasteiger partial charge in [-0.25, -0.2) is 0 Å². The lowest BCUT2D eigenvalue weighted by Gasteiger charge is -2.17. The standard InChI is InChI=1S/C19H20N2O4/c1-11(2)10-21-18(23)15(9-20)12(3)16(19(21)24)17(22)13-5-7-14(25-4)8-6-13/h5-8,11,24H,10H2,1-4H3. The van der Waals surface area contributed by atoms with Gasteiger partial charge >= 0.3 is 0 Å². The maximum Gasteiger partial charge on any atom is 0.271 e. The summed E-state index contributed by atoms with van der Waals surface area (Å²) in [6.07, 6.45) is 0. The van der Waals surface area contributed by atoms with E-state index >= 15 is 0 Å². The van der Waals surface area contributed by atoms with Crippen molar-refractivity contribution in [1.29, 1.82) is 5.26 Å². The van der Waals surface area contributed by atoms with Crippen LogP contribution in [0.25, 0.3) is 0 Å². The van der Waals surface area contributed by atoms with Crippen molar-refractivity contribution in [2.24, 2.45) is 5.92 Å². The van der Waals surface area contributed by atoms with Gasteiger partial charge in [-0.3, -0.25) is 14.2 Å². The first-order chi connectivity index (χ1) is 11.8. The normalized spacial score (nSPS) is 10.6. The molecular formula is C19H20N2O4.